The zero-order valence-electron chi connectivity index (χ0n) is 10.3. The molecule has 1 aliphatic rings. The molecule has 0 aliphatic carbocycles. The van der Waals surface area contributed by atoms with Crippen molar-refractivity contribution in [1.82, 2.24) is 9.88 Å². The third kappa shape index (κ3) is 2.44. The largest absolute Gasteiger partial charge is 0.397 e. The number of nitrogens with two attached hydrogens (primary N) is 1. The van der Waals surface area contributed by atoms with Crippen molar-refractivity contribution in [1.29, 1.82) is 0 Å². The Morgan fingerprint density at radius 2 is 2.41 bits per heavy atom. The number of amides is 1. The van der Waals surface area contributed by atoms with Crippen LogP contribution in [-0.2, 0) is 4.74 Å². The number of aromatic nitrogens is 1. The van der Waals surface area contributed by atoms with Gasteiger partial charge in [0.05, 0.1) is 5.60 Å². The van der Waals surface area contributed by atoms with Gasteiger partial charge in [-0.25, -0.2) is 0 Å². The number of methoxy groups -OCH3 is 1. The second-order valence-electron chi connectivity index (χ2n) is 4.83. The summed E-state index contributed by atoms with van der Waals surface area (Å²) in [5, 5.41) is 0. The Hall–Kier alpha value is -1.49. The molecule has 5 nitrogen and oxygen atoms in total. The van der Waals surface area contributed by atoms with Crippen LogP contribution in [0.4, 0.5) is 5.69 Å². The Balaban J connectivity index is 2.10. The summed E-state index contributed by atoms with van der Waals surface area (Å²) in [6.45, 7) is 3.44. The molecule has 3 N–H and O–H groups in total. The van der Waals surface area contributed by atoms with E-state index in [2.05, 4.69) is 4.98 Å². The molecule has 0 bridgehead atoms. The fourth-order valence-electron chi connectivity index (χ4n) is 2.25. The number of H-pyrrole nitrogens is 1. The number of rotatable bonds is 2. The Bertz CT molecular complexity index is 416. The number of nitrogens with zero attached hydrogens (tertiary/aromatic N) is 1. The van der Waals surface area contributed by atoms with E-state index in [1.165, 1.54) is 0 Å². The van der Waals surface area contributed by atoms with Gasteiger partial charge in [-0.05, 0) is 25.8 Å². The molecule has 2 rings (SSSR count). The molecule has 1 aromatic rings. The van der Waals surface area contributed by atoms with Crippen molar-refractivity contribution in [2.24, 2.45) is 0 Å². The van der Waals surface area contributed by atoms with E-state index < -0.39 is 0 Å². The minimum Gasteiger partial charge on any atom is -0.397 e. The van der Waals surface area contributed by atoms with Crippen LogP contribution in [0.15, 0.2) is 12.3 Å². The van der Waals surface area contributed by atoms with Gasteiger partial charge in [-0.2, -0.15) is 0 Å². The summed E-state index contributed by atoms with van der Waals surface area (Å²) in [4.78, 5) is 16.9. The number of ether oxygens (including phenoxy) is 1. The zero-order chi connectivity index (χ0) is 12.5. The molecule has 0 saturated carbocycles. The number of anilines is 1. The summed E-state index contributed by atoms with van der Waals surface area (Å²) < 4.78 is 5.47. The van der Waals surface area contributed by atoms with Crippen molar-refractivity contribution in [2.45, 2.75) is 25.4 Å². The molecule has 5 heteroatoms. The van der Waals surface area contributed by atoms with E-state index in [-0.39, 0.29) is 11.5 Å². The van der Waals surface area contributed by atoms with Crippen LogP contribution in [0, 0.1) is 0 Å². The second-order valence-corrected chi connectivity index (χ2v) is 4.83. The summed E-state index contributed by atoms with van der Waals surface area (Å²) in [7, 11) is 1.70. The average molecular weight is 237 g/mol. The third-order valence-electron chi connectivity index (χ3n) is 3.37. The van der Waals surface area contributed by atoms with Crippen molar-refractivity contribution in [3.8, 4) is 0 Å². The summed E-state index contributed by atoms with van der Waals surface area (Å²) in [5.74, 6) is -0.00956. The fraction of sp³-hybridized carbons (Fsp3) is 0.583. The van der Waals surface area contributed by atoms with Crippen LogP contribution in [0.3, 0.4) is 0 Å². The van der Waals surface area contributed by atoms with Crippen molar-refractivity contribution in [2.75, 3.05) is 25.9 Å². The van der Waals surface area contributed by atoms with Crippen LogP contribution in [0.2, 0.25) is 0 Å². The monoisotopic (exact) mass is 237 g/mol. The molecule has 1 unspecified atom stereocenters. The smallest absolute Gasteiger partial charge is 0.270 e. The zero-order valence-corrected chi connectivity index (χ0v) is 10.3. The highest BCUT2D eigenvalue weighted by atomic mass is 16.5. The van der Waals surface area contributed by atoms with Gasteiger partial charge in [0.15, 0.2) is 0 Å². The Morgan fingerprint density at radius 3 is 3.00 bits per heavy atom. The van der Waals surface area contributed by atoms with Crippen molar-refractivity contribution >= 4 is 11.6 Å². The average Bonchev–Trinajstić information content (AvgIpc) is 2.75. The normalized spacial score (nSPS) is 24.9. The molecule has 17 heavy (non-hydrogen) atoms. The van der Waals surface area contributed by atoms with E-state index in [0.29, 0.717) is 17.9 Å². The molecule has 1 saturated heterocycles. The molecule has 1 atom stereocenters. The van der Waals surface area contributed by atoms with E-state index in [1.807, 2.05) is 11.8 Å². The molecular formula is C12H19N3O2. The van der Waals surface area contributed by atoms with Crippen LogP contribution in [0.1, 0.15) is 30.3 Å². The van der Waals surface area contributed by atoms with Gasteiger partial charge in [0.1, 0.15) is 5.69 Å². The van der Waals surface area contributed by atoms with E-state index >= 15 is 0 Å². The van der Waals surface area contributed by atoms with Crippen LogP contribution >= 0.6 is 0 Å². The summed E-state index contributed by atoms with van der Waals surface area (Å²) in [6, 6.07) is 1.67. The van der Waals surface area contributed by atoms with Crippen LogP contribution in [0.5, 0.6) is 0 Å². The molecule has 94 valence electrons. The van der Waals surface area contributed by atoms with Gasteiger partial charge in [-0.15, -0.1) is 0 Å². The Kier molecular flexibility index (Phi) is 3.11. The molecule has 0 aromatic carbocycles. The standard InChI is InChI=1S/C12H19N3O2/c1-12(17-2)4-3-5-15(8-12)11(16)10-6-9(13)7-14-10/h6-7,14H,3-5,8,13H2,1-2H3. The lowest BCUT2D eigenvalue weighted by Gasteiger charge is -2.39. The Labute approximate surface area is 101 Å². The van der Waals surface area contributed by atoms with Crippen molar-refractivity contribution < 1.29 is 9.53 Å². The lowest BCUT2D eigenvalue weighted by molar-refractivity contribution is -0.0441. The molecule has 0 radical (unpaired) electrons. The topological polar surface area (TPSA) is 71.3 Å². The molecule has 1 fully saturated rings. The second kappa shape index (κ2) is 4.41. The highest BCUT2D eigenvalue weighted by molar-refractivity contribution is 5.93. The van der Waals surface area contributed by atoms with Gasteiger partial charge in [-0.1, -0.05) is 0 Å². The van der Waals surface area contributed by atoms with Crippen molar-refractivity contribution in [3.05, 3.63) is 18.0 Å². The predicted octanol–water partition coefficient (Wildman–Crippen LogP) is 1.24. The minimum absolute atomic E-state index is 0.00956. The number of piperidine rings is 1. The molecule has 1 aromatic heterocycles. The van der Waals surface area contributed by atoms with Gasteiger partial charge in [0.25, 0.3) is 5.91 Å². The molecule has 0 spiro atoms. The number of carbonyl (C=O) groups is 1. The maximum Gasteiger partial charge on any atom is 0.270 e. The summed E-state index contributed by atoms with van der Waals surface area (Å²) in [5.41, 5.74) is 6.50. The number of nitrogens with one attached hydrogen (secondary N) is 1. The number of hydrogen-bond acceptors (Lipinski definition) is 3. The van der Waals surface area contributed by atoms with Crippen LogP contribution < -0.4 is 5.73 Å². The number of carbonyl (C=O) groups excluding carboxylic acids is 1. The molecule has 2 heterocycles. The minimum atomic E-state index is -0.230. The van der Waals surface area contributed by atoms with Gasteiger partial charge < -0.3 is 20.4 Å². The van der Waals surface area contributed by atoms with Gasteiger partial charge >= 0.3 is 0 Å². The molecule has 1 amide bonds. The van der Waals surface area contributed by atoms with E-state index in [4.69, 9.17) is 10.5 Å². The first kappa shape index (κ1) is 12.0. The lowest BCUT2D eigenvalue weighted by Crippen LogP contribution is -2.49. The van der Waals surface area contributed by atoms with Gasteiger partial charge in [-0.3, -0.25) is 4.79 Å². The fourth-order valence-corrected chi connectivity index (χ4v) is 2.25. The van der Waals surface area contributed by atoms with E-state index in [0.717, 1.165) is 19.4 Å². The van der Waals surface area contributed by atoms with Crippen LogP contribution in [-0.4, -0.2) is 41.6 Å². The number of nitrogen functional groups attached to an aromatic ring is 1. The van der Waals surface area contributed by atoms with Gasteiger partial charge in [0.2, 0.25) is 0 Å². The maximum absolute atomic E-state index is 12.2. The van der Waals surface area contributed by atoms with E-state index in [1.54, 1.807) is 19.4 Å². The Morgan fingerprint density at radius 1 is 1.65 bits per heavy atom. The van der Waals surface area contributed by atoms with Crippen LogP contribution in [0.25, 0.3) is 0 Å². The molecular weight excluding hydrogens is 218 g/mol. The van der Waals surface area contributed by atoms with Crippen molar-refractivity contribution in [3.63, 3.8) is 0 Å². The quantitative estimate of drug-likeness (QED) is 0.813. The summed E-state index contributed by atoms with van der Waals surface area (Å²) in [6.07, 6.45) is 3.58. The number of hydrogen-bond donors (Lipinski definition) is 2. The third-order valence-corrected chi connectivity index (χ3v) is 3.37. The number of likely N-dealkylation sites (tertiary alicyclic amines) is 1. The highest BCUT2D eigenvalue weighted by Gasteiger charge is 2.33. The SMILES string of the molecule is COC1(C)CCCN(C(=O)c2cc(N)c[nH]2)C1. The predicted molar refractivity (Wildman–Crippen MR) is 65.8 cm³/mol. The molecule has 1 aliphatic heterocycles. The first-order valence-electron chi connectivity index (χ1n) is 5.82. The first-order chi connectivity index (χ1) is 8.04. The van der Waals surface area contributed by atoms with Gasteiger partial charge in [0, 0.05) is 32.1 Å². The number of aromatic amines is 1. The lowest BCUT2D eigenvalue weighted by atomic mass is 9.94. The summed E-state index contributed by atoms with van der Waals surface area (Å²) >= 11 is 0. The van der Waals surface area contributed by atoms with E-state index in [9.17, 15) is 4.79 Å². The first-order valence-corrected chi connectivity index (χ1v) is 5.82. The highest BCUT2D eigenvalue weighted by Crippen LogP contribution is 2.25. The maximum atomic E-state index is 12.2.